The number of nitrogens with zero attached hydrogens (tertiary/aromatic N) is 5. The van der Waals surface area contributed by atoms with Gasteiger partial charge in [0.25, 0.3) is 5.56 Å². The van der Waals surface area contributed by atoms with E-state index in [1.54, 1.807) is 23.7 Å². The second-order valence-corrected chi connectivity index (χ2v) is 6.38. The molecule has 27 heavy (non-hydrogen) atoms. The summed E-state index contributed by atoms with van der Waals surface area (Å²) in [5.74, 6) is -1.00. The minimum Gasteiger partial charge on any atom is -0.478 e. The van der Waals surface area contributed by atoms with E-state index in [1.165, 1.54) is 30.0 Å². The number of anilines is 1. The molecule has 0 bridgehead atoms. The van der Waals surface area contributed by atoms with Crippen LogP contribution in [0.2, 0.25) is 0 Å². The lowest BCUT2D eigenvalue weighted by atomic mass is 10.2. The van der Waals surface area contributed by atoms with Gasteiger partial charge in [0.05, 0.1) is 17.8 Å². The lowest BCUT2D eigenvalue weighted by molar-refractivity contribution is 0.0697. The van der Waals surface area contributed by atoms with Crippen LogP contribution in [0.15, 0.2) is 43.7 Å². The third kappa shape index (κ3) is 3.40. The first-order chi connectivity index (χ1) is 12.8. The largest absolute Gasteiger partial charge is 0.478 e. The lowest BCUT2D eigenvalue weighted by Crippen LogP contribution is -2.37. The van der Waals surface area contributed by atoms with Gasteiger partial charge in [-0.2, -0.15) is 5.10 Å². The molecule has 140 valence electrons. The van der Waals surface area contributed by atoms with Crippen molar-refractivity contribution in [3.05, 3.63) is 55.4 Å². The van der Waals surface area contributed by atoms with Crippen molar-refractivity contribution in [1.82, 2.24) is 18.7 Å². The van der Waals surface area contributed by atoms with E-state index in [1.807, 2.05) is 0 Å². The molecular weight excluding hydrogens is 420 g/mol. The van der Waals surface area contributed by atoms with Gasteiger partial charge in [0.2, 0.25) is 0 Å². The number of carboxylic acid groups (broad SMARTS) is 1. The van der Waals surface area contributed by atoms with Gasteiger partial charge in [-0.15, -0.1) is 0 Å². The number of nitrogens with one attached hydrogen (secondary N) is 1. The molecule has 3 rings (SSSR count). The monoisotopic (exact) mass is 434 g/mol. The number of halogens is 1. The van der Waals surface area contributed by atoms with Crippen LogP contribution >= 0.6 is 15.9 Å². The van der Waals surface area contributed by atoms with Crippen LogP contribution in [-0.4, -0.2) is 36.0 Å². The molecule has 0 aliphatic carbocycles. The summed E-state index contributed by atoms with van der Waals surface area (Å²) in [7, 11) is 2.95. The number of carboxylic acids is 1. The normalized spacial score (nSPS) is 11.4. The Balaban J connectivity index is 1.84. The molecular formula is C16H15BrN6O4. The van der Waals surface area contributed by atoms with Crippen LogP contribution < -0.4 is 16.7 Å². The SMILES string of the molecule is Cn1c(=O)c2c(nc(Br)n2C/C=N/Nc2ccc(C(=O)O)cc2)n(C)c1=O. The first-order valence-electron chi connectivity index (χ1n) is 7.74. The molecule has 3 aromatic rings. The standard InChI is InChI=1S/C16H15BrN6O4/c1-21-12-11(13(24)22(2)16(21)27)23(15(17)19-12)8-7-18-20-10-5-3-9(4-6-10)14(25)26/h3-7,20H,8H2,1-2H3,(H,25,26)/b18-7+. The van der Waals surface area contributed by atoms with Crippen LogP contribution in [0.5, 0.6) is 0 Å². The quantitative estimate of drug-likeness (QED) is 0.350. The molecule has 2 aromatic heterocycles. The zero-order chi connectivity index (χ0) is 19.7. The van der Waals surface area contributed by atoms with Gasteiger partial charge >= 0.3 is 11.7 Å². The molecule has 11 heteroatoms. The van der Waals surface area contributed by atoms with E-state index < -0.39 is 17.2 Å². The van der Waals surface area contributed by atoms with Crippen molar-refractivity contribution < 1.29 is 9.90 Å². The Morgan fingerprint density at radius 3 is 2.56 bits per heavy atom. The lowest BCUT2D eigenvalue weighted by Gasteiger charge is -2.05. The van der Waals surface area contributed by atoms with Gasteiger partial charge in [-0.1, -0.05) is 0 Å². The number of benzene rings is 1. The molecule has 0 amide bonds. The van der Waals surface area contributed by atoms with Crippen molar-refractivity contribution >= 4 is 45.0 Å². The number of rotatable bonds is 5. The molecule has 0 fully saturated rings. The molecule has 1 aromatic carbocycles. The highest BCUT2D eigenvalue weighted by atomic mass is 79.9. The van der Waals surface area contributed by atoms with Crippen molar-refractivity contribution in [1.29, 1.82) is 0 Å². The minimum absolute atomic E-state index is 0.180. The average molecular weight is 435 g/mol. The van der Waals surface area contributed by atoms with Crippen LogP contribution in [-0.2, 0) is 20.6 Å². The summed E-state index contributed by atoms with van der Waals surface area (Å²) in [6.45, 7) is 0.227. The molecule has 0 unspecified atom stereocenters. The van der Waals surface area contributed by atoms with E-state index in [4.69, 9.17) is 5.11 Å². The summed E-state index contributed by atoms with van der Waals surface area (Å²) in [5.41, 5.74) is 3.23. The molecule has 2 heterocycles. The number of aryl methyl sites for hydroxylation is 1. The zero-order valence-corrected chi connectivity index (χ0v) is 16.0. The van der Waals surface area contributed by atoms with Crippen LogP contribution in [0, 0.1) is 0 Å². The number of hydrogen-bond donors (Lipinski definition) is 2. The van der Waals surface area contributed by atoms with Gasteiger partial charge in [-0.05, 0) is 40.2 Å². The molecule has 10 nitrogen and oxygen atoms in total. The second-order valence-electron chi connectivity index (χ2n) is 5.68. The fraction of sp³-hybridized carbons (Fsp3) is 0.188. The number of imidazole rings is 1. The second kappa shape index (κ2) is 7.19. The van der Waals surface area contributed by atoms with E-state index in [0.717, 1.165) is 4.57 Å². The zero-order valence-electron chi connectivity index (χ0n) is 14.4. The van der Waals surface area contributed by atoms with Crippen LogP contribution in [0.1, 0.15) is 10.4 Å². The van der Waals surface area contributed by atoms with Gasteiger partial charge in [0.1, 0.15) is 0 Å². The minimum atomic E-state index is -1.00. The van der Waals surface area contributed by atoms with Crippen molar-refractivity contribution in [2.75, 3.05) is 5.43 Å². The maximum Gasteiger partial charge on any atom is 0.335 e. The molecule has 0 saturated heterocycles. The van der Waals surface area contributed by atoms with Crippen LogP contribution in [0.3, 0.4) is 0 Å². The van der Waals surface area contributed by atoms with E-state index >= 15 is 0 Å². The fourth-order valence-corrected chi connectivity index (χ4v) is 3.01. The van der Waals surface area contributed by atoms with Crippen LogP contribution in [0.25, 0.3) is 11.2 Å². The van der Waals surface area contributed by atoms with Gasteiger partial charge < -0.3 is 9.67 Å². The molecule has 0 atom stereocenters. The average Bonchev–Trinajstić information content (AvgIpc) is 2.98. The van der Waals surface area contributed by atoms with E-state index in [2.05, 4.69) is 31.4 Å². The summed E-state index contributed by atoms with van der Waals surface area (Å²) >= 11 is 3.30. The Morgan fingerprint density at radius 1 is 1.26 bits per heavy atom. The van der Waals surface area contributed by atoms with E-state index in [-0.39, 0.29) is 23.3 Å². The number of aromatic nitrogens is 4. The van der Waals surface area contributed by atoms with E-state index in [9.17, 15) is 14.4 Å². The summed E-state index contributed by atoms with van der Waals surface area (Å²) < 4.78 is 4.31. The summed E-state index contributed by atoms with van der Waals surface area (Å²) in [6, 6.07) is 6.11. The number of carbonyl (C=O) groups is 1. The fourth-order valence-electron chi connectivity index (χ4n) is 2.52. The van der Waals surface area contributed by atoms with Gasteiger partial charge in [0.15, 0.2) is 15.9 Å². The molecule has 0 aliphatic heterocycles. The Labute approximate surface area is 160 Å². The third-order valence-corrected chi connectivity index (χ3v) is 4.59. The number of hydrazone groups is 1. The highest BCUT2D eigenvalue weighted by molar-refractivity contribution is 9.10. The smallest absolute Gasteiger partial charge is 0.335 e. The first-order valence-corrected chi connectivity index (χ1v) is 8.53. The predicted molar refractivity (Wildman–Crippen MR) is 103 cm³/mol. The maximum atomic E-state index is 12.4. The van der Waals surface area contributed by atoms with Crippen molar-refractivity contribution in [2.45, 2.75) is 6.54 Å². The van der Waals surface area contributed by atoms with Crippen LogP contribution in [0.4, 0.5) is 5.69 Å². The Bertz CT molecular complexity index is 1170. The third-order valence-electron chi connectivity index (χ3n) is 3.98. The predicted octanol–water partition coefficient (Wildman–Crippen LogP) is 0.992. The summed E-state index contributed by atoms with van der Waals surface area (Å²) in [4.78, 5) is 39.5. The summed E-state index contributed by atoms with van der Waals surface area (Å²) in [6.07, 6.45) is 1.53. The first kappa shape index (κ1) is 18.6. The van der Waals surface area contributed by atoms with Crippen molar-refractivity contribution in [2.24, 2.45) is 19.2 Å². The Hall–Kier alpha value is -3.21. The highest BCUT2D eigenvalue weighted by Crippen LogP contribution is 2.15. The summed E-state index contributed by atoms with van der Waals surface area (Å²) in [5, 5.41) is 12.9. The molecule has 0 aliphatic rings. The molecule has 0 radical (unpaired) electrons. The van der Waals surface area contributed by atoms with Crippen molar-refractivity contribution in [3.63, 3.8) is 0 Å². The molecule has 2 N–H and O–H groups in total. The number of hydrogen-bond acceptors (Lipinski definition) is 6. The number of aromatic carboxylic acids is 1. The number of fused-ring (bicyclic) bond motifs is 1. The molecule has 0 saturated carbocycles. The Morgan fingerprint density at radius 2 is 1.93 bits per heavy atom. The molecule has 0 spiro atoms. The topological polar surface area (TPSA) is 124 Å². The maximum absolute atomic E-state index is 12.4. The van der Waals surface area contributed by atoms with Crippen molar-refractivity contribution in [3.8, 4) is 0 Å². The Kier molecular flexibility index (Phi) is 4.95. The van der Waals surface area contributed by atoms with Gasteiger partial charge in [-0.3, -0.25) is 19.4 Å². The highest BCUT2D eigenvalue weighted by Gasteiger charge is 2.17. The van der Waals surface area contributed by atoms with Gasteiger partial charge in [0, 0.05) is 20.3 Å². The van der Waals surface area contributed by atoms with E-state index in [0.29, 0.717) is 10.4 Å². The van der Waals surface area contributed by atoms with Gasteiger partial charge in [-0.25, -0.2) is 14.6 Å².